The predicted octanol–water partition coefficient (Wildman–Crippen LogP) is 5.59. The topological polar surface area (TPSA) is 55.9 Å². The van der Waals surface area contributed by atoms with Crippen LogP contribution in [0.1, 0.15) is 12.5 Å². The van der Waals surface area contributed by atoms with Gasteiger partial charge in [-0.3, -0.25) is 0 Å². The lowest BCUT2D eigenvalue weighted by Crippen LogP contribution is -2.14. The average Bonchev–Trinajstić information content (AvgIpc) is 3.25. The molecule has 0 aliphatic rings. The van der Waals surface area contributed by atoms with Crippen molar-refractivity contribution in [3.8, 4) is 22.7 Å². The van der Waals surface area contributed by atoms with Gasteiger partial charge >= 0.3 is 6.18 Å². The van der Waals surface area contributed by atoms with Crippen LogP contribution in [0.4, 0.5) is 13.2 Å². The normalized spacial score (nSPS) is 11.9. The summed E-state index contributed by atoms with van der Waals surface area (Å²) in [6.45, 7) is 2.51. The van der Waals surface area contributed by atoms with Crippen LogP contribution in [-0.2, 0) is 6.18 Å². The molecule has 2 aromatic heterocycles. The Bertz CT molecular complexity index is 1150. The summed E-state index contributed by atoms with van der Waals surface area (Å²) < 4.78 is 47.0. The number of rotatable bonds is 4. The first kappa shape index (κ1) is 18.4. The molecule has 0 aliphatic heterocycles. The number of nitrogens with one attached hydrogen (secondary N) is 1. The largest absolute Gasteiger partial charge is 0.417 e. The van der Waals surface area contributed by atoms with Crippen LogP contribution in [0, 0.1) is 0 Å². The molecule has 144 valence electrons. The maximum absolute atomic E-state index is 13.4. The summed E-state index contributed by atoms with van der Waals surface area (Å²) in [6.07, 6.45) is -4.45. The number of hydrogen-bond donors (Lipinski definition) is 1. The van der Waals surface area contributed by atoms with Crippen LogP contribution in [-0.4, -0.2) is 21.4 Å². The van der Waals surface area contributed by atoms with Crippen molar-refractivity contribution >= 4 is 22.6 Å². The summed E-state index contributed by atoms with van der Waals surface area (Å²) in [5.41, 5.74) is 4.17. The lowest BCUT2D eigenvalue weighted by molar-refractivity contribution is -0.137. The van der Waals surface area contributed by atoms with Crippen molar-refractivity contribution in [1.29, 1.82) is 0 Å². The molecule has 5 nitrogen and oxygen atoms in total. The van der Waals surface area contributed by atoms with Gasteiger partial charge < -0.3 is 9.95 Å². The summed E-state index contributed by atoms with van der Waals surface area (Å²) in [4.78, 5) is 4.52. The highest BCUT2D eigenvalue weighted by Gasteiger charge is 2.33. The lowest BCUT2D eigenvalue weighted by Gasteiger charge is -2.13. The number of hydrogen-bond acceptors (Lipinski definition) is 4. The molecular weight excluding hydrogens is 393 g/mol. The number of nitrogens with zero attached hydrogens (tertiary/aromatic N) is 3. The van der Waals surface area contributed by atoms with Gasteiger partial charge in [0.2, 0.25) is 5.76 Å². The number of aromatic nitrogens is 3. The molecule has 0 saturated carbocycles. The molecule has 1 N–H and O–H groups in total. The van der Waals surface area contributed by atoms with Gasteiger partial charge in [-0.15, -0.1) is 0 Å². The third-order valence-electron chi connectivity index (χ3n) is 4.22. The molecule has 9 heteroatoms. The maximum Gasteiger partial charge on any atom is 0.417 e. The minimum atomic E-state index is -4.45. The van der Waals surface area contributed by atoms with Crippen molar-refractivity contribution in [2.75, 3.05) is 12.0 Å². The van der Waals surface area contributed by atoms with Crippen LogP contribution in [0.2, 0.25) is 5.15 Å². The third kappa shape index (κ3) is 3.20. The Labute approximate surface area is 162 Å². The Balaban J connectivity index is 1.89. The summed E-state index contributed by atoms with van der Waals surface area (Å²) in [6, 6.07) is 12.0. The van der Waals surface area contributed by atoms with E-state index in [0.717, 1.165) is 6.07 Å². The van der Waals surface area contributed by atoms with Gasteiger partial charge in [0, 0.05) is 12.6 Å². The van der Waals surface area contributed by atoms with Gasteiger partial charge in [0.1, 0.15) is 0 Å². The molecule has 0 atom stereocenters. The molecule has 4 aromatic rings. The number of benzene rings is 2. The van der Waals surface area contributed by atoms with E-state index in [1.807, 2.05) is 6.92 Å². The van der Waals surface area contributed by atoms with Crippen molar-refractivity contribution in [2.24, 2.45) is 0 Å². The molecule has 4 rings (SSSR count). The minimum absolute atomic E-state index is 0.0964. The first-order valence-corrected chi connectivity index (χ1v) is 8.82. The molecule has 2 heterocycles. The number of halogens is 4. The van der Waals surface area contributed by atoms with Gasteiger partial charge in [-0.1, -0.05) is 41.0 Å². The SMILES string of the molecule is CCNn1c(-c2cc(Cl)no2)nc2cc(-c3ccccc3C(F)(F)F)ccc21. The van der Waals surface area contributed by atoms with Crippen molar-refractivity contribution in [2.45, 2.75) is 13.1 Å². The molecular formula is C19H14ClF3N4O. The summed E-state index contributed by atoms with van der Waals surface area (Å²) in [5.74, 6) is 0.775. The smallest absolute Gasteiger partial charge is 0.351 e. The maximum atomic E-state index is 13.4. The second-order valence-corrected chi connectivity index (χ2v) is 6.43. The van der Waals surface area contributed by atoms with E-state index < -0.39 is 11.7 Å². The zero-order chi connectivity index (χ0) is 19.9. The fraction of sp³-hybridized carbons (Fsp3) is 0.158. The fourth-order valence-electron chi connectivity index (χ4n) is 3.07. The van der Waals surface area contributed by atoms with E-state index in [0.29, 0.717) is 34.7 Å². The zero-order valence-corrected chi connectivity index (χ0v) is 15.3. The van der Waals surface area contributed by atoms with Crippen LogP contribution in [0.15, 0.2) is 53.1 Å². The fourth-order valence-corrected chi connectivity index (χ4v) is 3.21. The Morgan fingerprint density at radius 2 is 1.93 bits per heavy atom. The van der Waals surface area contributed by atoms with Crippen molar-refractivity contribution < 1.29 is 17.7 Å². The standard InChI is InChI=1S/C19H14ClF3N4O/c1-2-24-27-15-8-7-11(12-5-3-4-6-13(12)19(21,22)23)9-14(15)25-18(27)16-10-17(20)26-28-16/h3-10,24H,2H2,1H3. The number of imidazole rings is 1. The molecule has 0 bridgehead atoms. The van der Waals surface area contributed by atoms with Crippen LogP contribution in [0.5, 0.6) is 0 Å². The van der Waals surface area contributed by atoms with Gasteiger partial charge in [-0.2, -0.15) is 13.2 Å². The van der Waals surface area contributed by atoms with Crippen LogP contribution in [0.25, 0.3) is 33.7 Å². The monoisotopic (exact) mass is 406 g/mol. The van der Waals surface area contributed by atoms with E-state index in [2.05, 4.69) is 15.6 Å². The Morgan fingerprint density at radius 3 is 2.61 bits per heavy atom. The molecule has 0 amide bonds. The molecule has 2 aromatic carbocycles. The third-order valence-corrected chi connectivity index (χ3v) is 4.39. The lowest BCUT2D eigenvalue weighted by atomic mass is 9.99. The predicted molar refractivity (Wildman–Crippen MR) is 101 cm³/mol. The van der Waals surface area contributed by atoms with Gasteiger partial charge in [-0.25, -0.2) is 9.66 Å². The van der Waals surface area contributed by atoms with Gasteiger partial charge in [0.25, 0.3) is 0 Å². The van der Waals surface area contributed by atoms with E-state index in [4.69, 9.17) is 16.1 Å². The zero-order valence-electron chi connectivity index (χ0n) is 14.6. The number of fused-ring (bicyclic) bond motifs is 1. The highest BCUT2D eigenvalue weighted by molar-refractivity contribution is 6.29. The quantitative estimate of drug-likeness (QED) is 0.479. The second kappa shape index (κ2) is 6.87. The van der Waals surface area contributed by atoms with Crippen LogP contribution < -0.4 is 5.43 Å². The molecule has 0 radical (unpaired) electrons. The van der Waals surface area contributed by atoms with Crippen LogP contribution >= 0.6 is 11.6 Å². The van der Waals surface area contributed by atoms with Gasteiger partial charge in [0.15, 0.2) is 11.0 Å². The number of alkyl halides is 3. The first-order chi connectivity index (χ1) is 13.4. The van der Waals surface area contributed by atoms with E-state index in [-0.39, 0.29) is 10.7 Å². The molecule has 28 heavy (non-hydrogen) atoms. The van der Waals surface area contributed by atoms with Gasteiger partial charge in [-0.05, 0) is 36.2 Å². The highest BCUT2D eigenvalue weighted by atomic mass is 35.5. The molecule has 0 unspecified atom stereocenters. The van der Waals surface area contributed by atoms with Crippen molar-refractivity contribution in [3.05, 3.63) is 59.2 Å². The molecule has 0 saturated heterocycles. The molecule has 0 fully saturated rings. The Morgan fingerprint density at radius 1 is 1.14 bits per heavy atom. The van der Waals surface area contributed by atoms with E-state index in [1.165, 1.54) is 18.2 Å². The molecule has 0 aliphatic carbocycles. The summed E-state index contributed by atoms with van der Waals surface area (Å²) in [5, 5.41) is 3.84. The highest BCUT2D eigenvalue weighted by Crippen LogP contribution is 2.38. The Kier molecular flexibility index (Phi) is 4.50. The molecule has 0 spiro atoms. The summed E-state index contributed by atoms with van der Waals surface area (Å²) in [7, 11) is 0. The Hall–Kier alpha value is -3.00. The second-order valence-electron chi connectivity index (χ2n) is 6.04. The van der Waals surface area contributed by atoms with Gasteiger partial charge in [0.05, 0.1) is 16.6 Å². The minimum Gasteiger partial charge on any atom is -0.351 e. The van der Waals surface area contributed by atoms with E-state index >= 15 is 0 Å². The van der Waals surface area contributed by atoms with E-state index in [1.54, 1.807) is 28.9 Å². The van der Waals surface area contributed by atoms with Crippen molar-refractivity contribution in [3.63, 3.8) is 0 Å². The van der Waals surface area contributed by atoms with Crippen LogP contribution in [0.3, 0.4) is 0 Å². The van der Waals surface area contributed by atoms with Crippen molar-refractivity contribution in [1.82, 2.24) is 14.8 Å². The average molecular weight is 407 g/mol. The van der Waals surface area contributed by atoms with E-state index in [9.17, 15) is 13.2 Å². The summed E-state index contributed by atoms with van der Waals surface area (Å²) >= 11 is 5.83. The first-order valence-electron chi connectivity index (χ1n) is 8.44.